The van der Waals surface area contributed by atoms with Crippen LogP contribution in [-0.2, 0) is 4.57 Å². The number of hydrogen-bond donors (Lipinski definition) is 0. The largest absolute Gasteiger partial charge is 0.309 e. The molecular weight excluding hydrogens is 507 g/mol. The molecule has 0 saturated carbocycles. The van der Waals surface area contributed by atoms with Crippen LogP contribution >= 0.6 is 7.14 Å². The Kier molecular flexibility index (Phi) is 6.07. The lowest BCUT2D eigenvalue weighted by Gasteiger charge is -2.21. The van der Waals surface area contributed by atoms with E-state index in [0.717, 1.165) is 60.0 Å². The summed E-state index contributed by atoms with van der Waals surface area (Å²) in [6.07, 6.45) is 3.69. The van der Waals surface area contributed by atoms with Gasteiger partial charge in [-0.15, -0.1) is 0 Å². The lowest BCUT2D eigenvalue weighted by Crippen LogP contribution is -2.24. The number of aromatic nitrogens is 2. The molecule has 3 nitrogen and oxygen atoms in total. The van der Waals surface area contributed by atoms with E-state index >= 15 is 0 Å². The monoisotopic (exact) mass is 532 g/mol. The first-order valence-electron chi connectivity index (χ1n) is 13.3. The van der Waals surface area contributed by atoms with E-state index in [9.17, 15) is 4.57 Å². The van der Waals surface area contributed by atoms with Gasteiger partial charge in [-0.1, -0.05) is 127 Å². The number of rotatable bonds is 5. The molecule has 4 heteroatoms. The zero-order chi connectivity index (χ0) is 26.9. The quantitative estimate of drug-likeness (QED) is 0.168. The van der Waals surface area contributed by atoms with Crippen molar-refractivity contribution in [1.82, 2.24) is 9.97 Å². The molecule has 40 heavy (non-hydrogen) atoms. The van der Waals surface area contributed by atoms with E-state index in [-0.39, 0.29) is 0 Å². The van der Waals surface area contributed by atoms with Crippen molar-refractivity contribution >= 4 is 44.9 Å². The molecule has 0 aliphatic carbocycles. The van der Waals surface area contributed by atoms with Crippen LogP contribution in [-0.4, -0.2) is 9.97 Å². The zero-order valence-corrected chi connectivity index (χ0v) is 22.6. The highest BCUT2D eigenvalue weighted by molar-refractivity contribution is 7.85. The zero-order valence-electron chi connectivity index (χ0n) is 21.7. The lowest BCUT2D eigenvalue weighted by molar-refractivity contribution is 0.592. The van der Waals surface area contributed by atoms with E-state index in [1.165, 1.54) is 0 Å². The number of hydrogen-bond acceptors (Lipinski definition) is 3. The van der Waals surface area contributed by atoms with Gasteiger partial charge in [0.1, 0.15) is 0 Å². The average molecular weight is 533 g/mol. The summed E-state index contributed by atoms with van der Waals surface area (Å²) in [5.74, 6) is 0. The molecule has 0 aliphatic heterocycles. The van der Waals surface area contributed by atoms with E-state index in [1.54, 1.807) is 0 Å². The third-order valence-corrected chi connectivity index (χ3v) is 10.5. The standard InChI is InChI=1S/C36H25N2OP/c39-40(28-14-6-2-7-15-28,29-16-8-3-9-17-29)30-22-20-27(21-23-30)34-32-19-11-24-37-35(32)33(26-12-4-1-5-13-26)31-18-10-25-38-36(31)34/h1-25H. The molecule has 0 aliphatic rings. The van der Waals surface area contributed by atoms with Gasteiger partial charge in [0, 0.05) is 50.2 Å². The van der Waals surface area contributed by atoms with Crippen LogP contribution in [0.1, 0.15) is 0 Å². The van der Waals surface area contributed by atoms with Gasteiger partial charge < -0.3 is 4.57 Å². The van der Waals surface area contributed by atoms with Crippen molar-refractivity contribution in [2.75, 3.05) is 0 Å². The number of nitrogens with zero attached hydrogens (tertiary/aromatic N) is 2. The first kappa shape index (κ1) is 24.2. The smallest absolute Gasteiger partial charge is 0.171 e. The summed E-state index contributed by atoms with van der Waals surface area (Å²) < 4.78 is 14.9. The van der Waals surface area contributed by atoms with Crippen LogP contribution in [0, 0.1) is 0 Å². The van der Waals surface area contributed by atoms with Crippen LogP contribution in [0.25, 0.3) is 44.1 Å². The third-order valence-electron chi connectivity index (χ3n) is 7.45. The maximum atomic E-state index is 14.9. The molecule has 0 unspecified atom stereocenters. The Balaban J connectivity index is 1.46. The molecule has 190 valence electrons. The third kappa shape index (κ3) is 3.95. The van der Waals surface area contributed by atoms with E-state index in [4.69, 9.17) is 9.97 Å². The van der Waals surface area contributed by atoms with Crippen molar-refractivity contribution in [1.29, 1.82) is 0 Å². The molecule has 5 aromatic carbocycles. The fourth-order valence-electron chi connectivity index (χ4n) is 5.62. The minimum atomic E-state index is -3.06. The Morgan fingerprint density at radius 3 is 1.27 bits per heavy atom. The van der Waals surface area contributed by atoms with Gasteiger partial charge in [-0.25, -0.2) is 0 Å². The van der Waals surface area contributed by atoms with Crippen molar-refractivity contribution in [2.24, 2.45) is 0 Å². The molecular formula is C36H25N2OP. The van der Waals surface area contributed by atoms with Crippen LogP contribution in [0.3, 0.4) is 0 Å². The summed E-state index contributed by atoms with van der Waals surface area (Å²) in [4.78, 5) is 9.74. The molecule has 0 fully saturated rings. The summed E-state index contributed by atoms with van der Waals surface area (Å²) in [5, 5.41) is 4.54. The Morgan fingerprint density at radius 1 is 0.400 bits per heavy atom. The molecule has 0 bridgehead atoms. The summed E-state index contributed by atoms with van der Waals surface area (Å²) in [6.45, 7) is 0. The fourth-order valence-corrected chi connectivity index (χ4v) is 8.27. The Labute approximate surface area is 233 Å². The van der Waals surface area contributed by atoms with E-state index in [1.807, 2.05) is 103 Å². The van der Waals surface area contributed by atoms with Gasteiger partial charge >= 0.3 is 0 Å². The molecule has 7 aromatic rings. The second-order valence-corrected chi connectivity index (χ2v) is 12.5. The molecule has 2 heterocycles. The van der Waals surface area contributed by atoms with Crippen molar-refractivity contribution in [3.63, 3.8) is 0 Å². The Hall–Kier alpha value is -4.85. The van der Waals surface area contributed by atoms with E-state index in [0.29, 0.717) is 0 Å². The number of benzene rings is 5. The first-order chi connectivity index (χ1) is 19.7. The number of fused-ring (bicyclic) bond motifs is 2. The SMILES string of the molecule is O=P(c1ccccc1)(c1ccccc1)c1ccc(-c2c3cccnc3c(-c3ccccc3)c3cccnc23)cc1. The maximum absolute atomic E-state index is 14.9. The highest BCUT2D eigenvalue weighted by Crippen LogP contribution is 2.44. The van der Waals surface area contributed by atoms with Gasteiger partial charge in [-0.05, 0) is 23.3 Å². The van der Waals surface area contributed by atoms with Gasteiger partial charge in [0.2, 0.25) is 0 Å². The van der Waals surface area contributed by atoms with Crippen molar-refractivity contribution in [3.05, 3.63) is 152 Å². The van der Waals surface area contributed by atoms with Crippen molar-refractivity contribution in [3.8, 4) is 22.3 Å². The van der Waals surface area contributed by atoms with Crippen LogP contribution in [0.2, 0.25) is 0 Å². The molecule has 7 rings (SSSR count). The van der Waals surface area contributed by atoms with Crippen LogP contribution in [0.15, 0.2) is 152 Å². The van der Waals surface area contributed by atoms with Gasteiger partial charge in [0.05, 0.1) is 11.0 Å². The highest BCUT2D eigenvalue weighted by Gasteiger charge is 2.29. The molecule has 0 spiro atoms. The molecule has 0 radical (unpaired) electrons. The van der Waals surface area contributed by atoms with Crippen LogP contribution in [0.5, 0.6) is 0 Å². The average Bonchev–Trinajstić information content (AvgIpc) is 3.04. The van der Waals surface area contributed by atoms with E-state index in [2.05, 4.69) is 48.5 Å². The molecule has 0 saturated heterocycles. The van der Waals surface area contributed by atoms with Crippen molar-refractivity contribution < 1.29 is 4.57 Å². The summed E-state index contributed by atoms with van der Waals surface area (Å²) in [6, 6.07) is 46.3. The predicted octanol–water partition coefficient (Wildman–Crippen LogP) is 7.76. The van der Waals surface area contributed by atoms with Gasteiger partial charge in [0.15, 0.2) is 7.14 Å². The van der Waals surface area contributed by atoms with Gasteiger partial charge in [0.25, 0.3) is 0 Å². The summed E-state index contributed by atoms with van der Waals surface area (Å²) >= 11 is 0. The van der Waals surface area contributed by atoms with Crippen molar-refractivity contribution in [2.45, 2.75) is 0 Å². The second kappa shape index (κ2) is 10.0. The lowest BCUT2D eigenvalue weighted by atomic mass is 9.90. The summed E-state index contributed by atoms with van der Waals surface area (Å²) in [5.41, 5.74) is 6.09. The first-order valence-corrected chi connectivity index (χ1v) is 15.0. The maximum Gasteiger partial charge on any atom is 0.171 e. The normalized spacial score (nSPS) is 11.6. The second-order valence-electron chi connectivity index (χ2n) is 9.74. The molecule has 0 N–H and O–H groups in total. The Morgan fingerprint density at radius 2 is 0.800 bits per heavy atom. The van der Waals surface area contributed by atoms with E-state index < -0.39 is 7.14 Å². The van der Waals surface area contributed by atoms with Gasteiger partial charge in [-0.3, -0.25) is 9.97 Å². The highest BCUT2D eigenvalue weighted by atomic mass is 31.2. The minimum absolute atomic E-state index is 0.800. The summed E-state index contributed by atoms with van der Waals surface area (Å²) in [7, 11) is -3.06. The fraction of sp³-hybridized carbons (Fsp3) is 0. The van der Waals surface area contributed by atoms with Crippen LogP contribution < -0.4 is 15.9 Å². The predicted molar refractivity (Wildman–Crippen MR) is 167 cm³/mol. The topological polar surface area (TPSA) is 42.9 Å². The number of pyridine rings is 2. The minimum Gasteiger partial charge on any atom is -0.309 e. The van der Waals surface area contributed by atoms with Crippen LogP contribution in [0.4, 0.5) is 0 Å². The molecule has 0 amide bonds. The molecule has 2 aromatic heterocycles. The molecule has 0 atom stereocenters. The van der Waals surface area contributed by atoms with Gasteiger partial charge in [-0.2, -0.15) is 0 Å². The Bertz CT molecular complexity index is 1910.